The number of allylic oxidation sites excluding steroid dienone is 2. The van der Waals surface area contributed by atoms with E-state index in [1.165, 1.54) is 60.3 Å². The van der Waals surface area contributed by atoms with Crippen LogP contribution in [0.3, 0.4) is 0 Å². The molecular weight excluding hydrogens is 434 g/mol. The minimum Gasteiger partial charge on any atom is -0.374 e. The summed E-state index contributed by atoms with van der Waals surface area (Å²) in [6.45, 7) is 4.13. The fraction of sp³-hybridized carbons (Fsp3) is 0.0286. The molecule has 1 atom stereocenters. The second kappa shape index (κ2) is 8.25. The van der Waals surface area contributed by atoms with Crippen molar-refractivity contribution in [1.82, 2.24) is 0 Å². The van der Waals surface area contributed by atoms with Gasteiger partial charge >= 0.3 is 0 Å². The number of fused-ring (bicyclic) bond motifs is 10. The molecule has 0 fully saturated rings. The predicted octanol–water partition coefficient (Wildman–Crippen LogP) is 9.55. The summed E-state index contributed by atoms with van der Waals surface area (Å²) >= 11 is 0. The van der Waals surface area contributed by atoms with Crippen molar-refractivity contribution in [3.8, 4) is 11.1 Å². The van der Waals surface area contributed by atoms with Gasteiger partial charge in [-0.1, -0.05) is 134 Å². The molecule has 0 saturated carbocycles. The van der Waals surface area contributed by atoms with E-state index in [1.54, 1.807) is 0 Å². The first kappa shape index (κ1) is 20.7. The Morgan fingerprint density at radius 1 is 0.639 bits per heavy atom. The van der Waals surface area contributed by atoms with E-state index in [0.717, 1.165) is 5.57 Å². The molecule has 1 unspecified atom stereocenters. The number of nitrogens with one attached hydrogen (secondary N) is 1. The maximum absolute atomic E-state index is 4.13. The lowest BCUT2D eigenvalue weighted by Gasteiger charge is -2.31. The van der Waals surface area contributed by atoms with Crippen molar-refractivity contribution in [2.45, 2.75) is 6.04 Å². The molecule has 36 heavy (non-hydrogen) atoms. The molecule has 0 radical (unpaired) electrons. The summed E-state index contributed by atoms with van der Waals surface area (Å²) in [7, 11) is 0. The molecule has 6 aromatic carbocycles. The highest BCUT2D eigenvalue weighted by Crippen LogP contribution is 2.51. The van der Waals surface area contributed by atoms with Gasteiger partial charge in [-0.15, -0.1) is 0 Å². The Bertz CT molecular complexity index is 1830. The lowest BCUT2D eigenvalue weighted by Crippen LogP contribution is -2.16. The Hall–Kier alpha value is -4.62. The van der Waals surface area contributed by atoms with Gasteiger partial charge in [0.2, 0.25) is 0 Å². The van der Waals surface area contributed by atoms with Crippen molar-refractivity contribution in [3.63, 3.8) is 0 Å². The monoisotopic (exact) mass is 459 g/mol. The zero-order valence-electron chi connectivity index (χ0n) is 19.9. The standard InChI is InChI=1S/C35H25N/c1-2-23(24-12-4-3-5-13-24)22-32-28-17-9-10-18-29(28)34-33-26-15-7-6-14-25(26)20-21-30(33)27-16-8-11-19-31(27)35(34)36-32/h2-22,32,36H,1H2/b23-22+. The van der Waals surface area contributed by atoms with E-state index in [2.05, 4.69) is 133 Å². The van der Waals surface area contributed by atoms with Crippen LogP contribution in [-0.4, -0.2) is 0 Å². The summed E-state index contributed by atoms with van der Waals surface area (Å²) in [6.07, 6.45) is 4.27. The van der Waals surface area contributed by atoms with E-state index in [9.17, 15) is 0 Å². The Labute approximate surface area is 211 Å². The van der Waals surface area contributed by atoms with Crippen LogP contribution in [0, 0.1) is 0 Å². The first-order valence-corrected chi connectivity index (χ1v) is 12.4. The first-order valence-electron chi connectivity index (χ1n) is 12.4. The van der Waals surface area contributed by atoms with Gasteiger partial charge in [0.25, 0.3) is 0 Å². The number of anilines is 1. The topological polar surface area (TPSA) is 12.0 Å². The van der Waals surface area contributed by atoms with E-state index >= 15 is 0 Å². The largest absolute Gasteiger partial charge is 0.374 e. The third kappa shape index (κ3) is 3.10. The highest BCUT2D eigenvalue weighted by molar-refractivity contribution is 6.28. The number of hydrogen-bond donors (Lipinski definition) is 1. The SMILES string of the molecule is C=C/C(=C\C1Nc2c(c3c4ccccc4ccc3c3ccccc23)-c2ccccc21)c1ccccc1. The highest BCUT2D eigenvalue weighted by Gasteiger charge is 2.27. The lowest BCUT2D eigenvalue weighted by molar-refractivity contribution is 0.980. The minimum atomic E-state index is 0.0257. The second-order valence-electron chi connectivity index (χ2n) is 9.41. The molecule has 0 saturated heterocycles. The Morgan fingerprint density at radius 2 is 1.33 bits per heavy atom. The van der Waals surface area contributed by atoms with Gasteiger partial charge in [0.1, 0.15) is 0 Å². The van der Waals surface area contributed by atoms with Crippen LogP contribution in [0.1, 0.15) is 17.2 Å². The van der Waals surface area contributed by atoms with Gasteiger partial charge in [-0.25, -0.2) is 0 Å². The smallest absolute Gasteiger partial charge is 0.0713 e. The summed E-state index contributed by atoms with van der Waals surface area (Å²) in [5.41, 5.74) is 7.36. The van der Waals surface area contributed by atoms with E-state index in [4.69, 9.17) is 0 Å². The van der Waals surface area contributed by atoms with E-state index in [1.807, 2.05) is 6.08 Å². The number of hydrogen-bond acceptors (Lipinski definition) is 1. The molecule has 0 aliphatic carbocycles. The molecule has 1 heteroatoms. The van der Waals surface area contributed by atoms with Gasteiger partial charge in [0.05, 0.1) is 11.7 Å². The maximum atomic E-state index is 4.13. The van der Waals surface area contributed by atoms with Crippen molar-refractivity contribution in [2.75, 3.05) is 5.32 Å². The quantitative estimate of drug-likeness (QED) is 0.205. The zero-order chi connectivity index (χ0) is 24.1. The molecule has 0 spiro atoms. The van der Waals surface area contributed by atoms with Gasteiger partial charge in [-0.3, -0.25) is 0 Å². The van der Waals surface area contributed by atoms with Crippen molar-refractivity contribution < 1.29 is 0 Å². The van der Waals surface area contributed by atoms with Crippen LogP contribution in [0.2, 0.25) is 0 Å². The van der Waals surface area contributed by atoms with Gasteiger partial charge < -0.3 is 5.32 Å². The van der Waals surface area contributed by atoms with Gasteiger partial charge in [-0.2, -0.15) is 0 Å². The van der Waals surface area contributed by atoms with Crippen LogP contribution in [0.4, 0.5) is 5.69 Å². The summed E-state index contributed by atoms with van der Waals surface area (Å²) in [5.74, 6) is 0. The minimum absolute atomic E-state index is 0.0257. The highest BCUT2D eigenvalue weighted by atomic mass is 14.9. The molecule has 1 nitrogen and oxygen atoms in total. The molecule has 0 bridgehead atoms. The maximum Gasteiger partial charge on any atom is 0.0713 e. The summed E-state index contributed by atoms with van der Waals surface area (Å²) in [4.78, 5) is 0. The molecule has 1 N–H and O–H groups in total. The Balaban J connectivity index is 1.58. The summed E-state index contributed by atoms with van der Waals surface area (Å²) in [5, 5.41) is 11.7. The van der Waals surface area contributed by atoms with E-state index in [-0.39, 0.29) is 6.04 Å². The molecule has 6 aromatic rings. The predicted molar refractivity (Wildman–Crippen MR) is 155 cm³/mol. The number of rotatable bonds is 3. The van der Waals surface area contributed by atoms with Crippen molar-refractivity contribution in [3.05, 3.63) is 145 Å². The third-order valence-corrected chi connectivity index (χ3v) is 7.45. The zero-order valence-corrected chi connectivity index (χ0v) is 19.9. The first-order chi connectivity index (χ1) is 17.8. The van der Waals surface area contributed by atoms with Gasteiger partial charge in [0.15, 0.2) is 0 Å². The van der Waals surface area contributed by atoms with Crippen molar-refractivity contribution in [1.29, 1.82) is 0 Å². The van der Waals surface area contributed by atoms with Crippen LogP contribution in [0.15, 0.2) is 134 Å². The molecule has 0 amide bonds. The normalized spacial score (nSPS) is 14.9. The molecule has 1 heterocycles. The molecular formula is C35H25N. The number of benzene rings is 6. The summed E-state index contributed by atoms with van der Waals surface area (Å²) in [6, 6.07) is 41.4. The lowest BCUT2D eigenvalue weighted by atomic mass is 9.82. The van der Waals surface area contributed by atoms with Crippen LogP contribution in [0.25, 0.3) is 49.0 Å². The molecule has 1 aliphatic heterocycles. The average molecular weight is 460 g/mol. The van der Waals surface area contributed by atoms with Crippen molar-refractivity contribution >= 4 is 43.6 Å². The summed E-state index contributed by atoms with van der Waals surface area (Å²) < 4.78 is 0. The van der Waals surface area contributed by atoms with Crippen LogP contribution < -0.4 is 5.32 Å². The molecule has 1 aliphatic rings. The van der Waals surface area contributed by atoms with Crippen LogP contribution in [-0.2, 0) is 0 Å². The third-order valence-electron chi connectivity index (χ3n) is 7.45. The fourth-order valence-electron chi connectivity index (χ4n) is 5.83. The fourth-order valence-corrected chi connectivity index (χ4v) is 5.83. The Morgan fingerprint density at radius 3 is 2.17 bits per heavy atom. The van der Waals surface area contributed by atoms with Gasteiger partial charge in [0, 0.05) is 16.3 Å². The Kier molecular flexibility index (Phi) is 4.75. The van der Waals surface area contributed by atoms with E-state index in [0.29, 0.717) is 0 Å². The molecule has 170 valence electrons. The van der Waals surface area contributed by atoms with Crippen molar-refractivity contribution in [2.24, 2.45) is 0 Å². The molecule has 0 aromatic heterocycles. The second-order valence-corrected chi connectivity index (χ2v) is 9.41. The van der Waals surface area contributed by atoms with Gasteiger partial charge in [-0.05, 0) is 43.8 Å². The average Bonchev–Trinajstić information content (AvgIpc) is 2.96. The van der Waals surface area contributed by atoms with Crippen LogP contribution >= 0.6 is 0 Å². The van der Waals surface area contributed by atoms with E-state index < -0.39 is 0 Å². The molecule has 7 rings (SSSR count). The van der Waals surface area contributed by atoms with Crippen LogP contribution in [0.5, 0.6) is 0 Å².